The summed E-state index contributed by atoms with van der Waals surface area (Å²) in [6.45, 7) is 7.07. The van der Waals surface area contributed by atoms with Crippen molar-refractivity contribution in [2.45, 2.75) is 25.9 Å². The zero-order chi connectivity index (χ0) is 19.1. The van der Waals surface area contributed by atoms with Crippen molar-refractivity contribution in [2.24, 2.45) is 5.92 Å². The molecular formula is C15H24N8O2S. The third-order valence-electron chi connectivity index (χ3n) is 2.98. The first-order chi connectivity index (χ1) is 12.4. The topological polar surface area (TPSA) is 111 Å². The van der Waals surface area contributed by atoms with E-state index in [2.05, 4.69) is 44.2 Å². The summed E-state index contributed by atoms with van der Waals surface area (Å²) < 4.78 is 6.35. The number of carbonyl (C=O) groups is 1. The summed E-state index contributed by atoms with van der Waals surface area (Å²) >= 11 is 1.20. The first-order valence-electron chi connectivity index (χ1n) is 8.26. The van der Waals surface area contributed by atoms with Crippen LogP contribution in [0.4, 0.5) is 11.9 Å². The van der Waals surface area contributed by atoms with E-state index in [1.54, 1.807) is 11.8 Å². The normalized spacial score (nSPS) is 10.8. The molecule has 2 heterocycles. The van der Waals surface area contributed by atoms with Crippen molar-refractivity contribution in [2.75, 3.05) is 43.2 Å². The van der Waals surface area contributed by atoms with Gasteiger partial charge in [-0.2, -0.15) is 19.6 Å². The number of nitrogens with one attached hydrogen (secondary N) is 1. The Morgan fingerprint density at radius 3 is 2.77 bits per heavy atom. The van der Waals surface area contributed by atoms with Gasteiger partial charge in [0.05, 0.1) is 12.4 Å². The van der Waals surface area contributed by atoms with E-state index in [1.807, 2.05) is 14.1 Å². The molecule has 0 bridgehead atoms. The molecule has 0 aliphatic rings. The van der Waals surface area contributed by atoms with Gasteiger partial charge in [0.25, 0.3) is 5.95 Å². The number of rotatable bonds is 9. The first kappa shape index (κ1) is 19.9. The molecule has 0 saturated heterocycles. The molecule has 11 heteroatoms. The van der Waals surface area contributed by atoms with Crippen molar-refractivity contribution >= 4 is 29.6 Å². The molecule has 0 atom stereocenters. The minimum atomic E-state index is -0.302. The van der Waals surface area contributed by atoms with Crippen LogP contribution in [0.3, 0.4) is 0 Å². The number of thioether (sulfide) groups is 1. The zero-order valence-electron chi connectivity index (χ0n) is 15.6. The van der Waals surface area contributed by atoms with Gasteiger partial charge in [0.15, 0.2) is 0 Å². The molecule has 0 radical (unpaired) electrons. The second kappa shape index (κ2) is 9.32. The van der Waals surface area contributed by atoms with Crippen LogP contribution in [0.15, 0.2) is 11.5 Å². The van der Waals surface area contributed by atoms with E-state index in [0.29, 0.717) is 35.5 Å². The van der Waals surface area contributed by atoms with Gasteiger partial charge in [0, 0.05) is 20.6 Å². The highest BCUT2D eigenvalue weighted by atomic mass is 32.2. The van der Waals surface area contributed by atoms with E-state index < -0.39 is 0 Å². The minimum absolute atomic E-state index is 0.152. The van der Waals surface area contributed by atoms with Crippen molar-refractivity contribution in [1.82, 2.24) is 29.7 Å². The standard InChI is InChI=1S/C15H24N8O2S/c1-6-25-11(24)8-26-15-17-9-23(21-15)14-19-12(16-7-10(2)3)18-13(20-14)22(4)5/h9-10H,6-8H2,1-5H3,(H,16,18,19,20). The SMILES string of the molecule is CCOC(=O)CSc1ncn(-c2nc(NCC(C)C)nc(N(C)C)n2)n1. The van der Waals surface area contributed by atoms with Crippen molar-refractivity contribution < 1.29 is 9.53 Å². The average molecular weight is 380 g/mol. The van der Waals surface area contributed by atoms with Crippen LogP contribution in [0.2, 0.25) is 0 Å². The van der Waals surface area contributed by atoms with Crippen LogP contribution in [0.1, 0.15) is 20.8 Å². The molecule has 0 aromatic carbocycles. The molecule has 0 amide bonds. The Morgan fingerprint density at radius 2 is 2.12 bits per heavy atom. The summed E-state index contributed by atoms with van der Waals surface area (Å²) in [6.07, 6.45) is 1.51. The van der Waals surface area contributed by atoms with Crippen molar-refractivity contribution in [3.63, 3.8) is 0 Å². The van der Waals surface area contributed by atoms with Crippen molar-refractivity contribution in [1.29, 1.82) is 0 Å². The number of anilines is 2. The van der Waals surface area contributed by atoms with E-state index in [-0.39, 0.29) is 11.7 Å². The molecular weight excluding hydrogens is 356 g/mol. The molecule has 0 aliphatic heterocycles. The summed E-state index contributed by atoms with van der Waals surface area (Å²) in [5.74, 6) is 1.64. The predicted octanol–water partition coefficient (Wildman–Crippen LogP) is 1.24. The zero-order valence-corrected chi connectivity index (χ0v) is 16.4. The van der Waals surface area contributed by atoms with E-state index in [9.17, 15) is 4.79 Å². The predicted molar refractivity (Wildman–Crippen MR) is 99.8 cm³/mol. The van der Waals surface area contributed by atoms with E-state index >= 15 is 0 Å². The van der Waals surface area contributed by atoms with Crippen LogP contribution in [0, 0.1) is 5.92 Å². The van der Waals surface area contributed by atoms with Gasteiger partial charge in [-0.25, -0.2) is 4.98 Å². The summed E-state index contributed by atoms with van der Waals surface area (Å²) in [5.41, 5.74) is 0. The Bertz CT molecular complexity index is 734. The summed E-state index contributed by atoms with van der Waals surface area (Å²) in [5, 5.41) is 7.95. The van der Waals surface area contributed by atoms with Crippen molar-refractivity contribution in [3.05, 3.63) is 6.33 Å². The number of hydrogen-bond acceptors (Lipinski definition) is 10. The van der Waals surface area contributed by atoms with Crippen LogP contribution in [0.25, 0.3) is 5.95 Å². The number of nitrogens with zero attached hydrogens (tertiary/aromatic N) is 7. The quantitative estimate of drug-likeness (QED) is 0.504. The Balaban J connectivity index is 2.17. The lowest BCUT2D eigenvalue weighted by molar-refractivity contribution is -0.139. The van der Waals surface area contributed by atoms with Gasteiger partial charge >= 0.3 is 5.97 Å². The Morgan fingerprint density at radius 1 is 1.35 bits per heavy atom. The fourth-order valence-corrected chi connectivity index (χ4v) is 2.36. The fraction of sp³-hybridized carbons (Fsp3) is 0.600. The minimum Gasteiger partial charge on any atom is -0.465 e. The summed E-state index contributed by atoms with van der Waals surface area (Å²) in [7, 11) is 3.71. The lowest BCUT2D eigenvalue weighted by atomic mass is 10.2. The van der Waals surface area contributed by atoms with Gasteiger partial charge in [-0.3, -0.25) is 4.79 Å². The van der Waals surface area contributed by atoms with Gasteiger partial charge in [-0.15, -0.1) is 5.10 Å². The maximum absolute atomic E-state index is 11.4. The first-order valence-corrected chi connectivity index (χ1v) is 9.25. The smallest absolute Gasteiger partial charge is 0.316 e. The lowest BCUT2D eigenvalue weighted by Gasteiger charge is -2.13. The molecule has 0 saturated carbocycles. The highest BCUT2D eigenvalue weighted by Gasteiger charge is 2.13. The van der Waals surface area contributed by atoms with E-state index in [4.69, 9.17) is 4.74 Å². The van der Waals surface area contributed by atoms with Gasteiger partial charge in [-0.1, -0.05) is 25.6 Å². The van der Waals surface area contributed by atoms with Crippen molar-refractivity contribution in [3.8, 4) is 5.95 Å². The van der Waals surface area contributed by atoms with Crippen LogP contribution in [0.5, 0.6) is 0 Å². The van der Waals surface area contributed by atoms with Gasteiger partial charge in [0.1, 0.15) is 6.33 Å². The summed E-state index contributed by atoms with van der Waals surface area (Å²) in [6, 6.07) is 0. The second-order valence-corrected chi connectivity index (χ2v) is 6.94. The number of carbonyl (C=O) groups excluding carboxylic acids is 1. The molecule has 2 aromatic rings. The molecule has 0 unspecified atom stereocenters. The largest absolute Gasteiger partial charge is 0.465 e. The second-order valence-electron chi connectivity index (χ2n) is 5.99. The third kappa shape index (κ3) is 5.83. The number of aromatic nitrogens is 6. The van der Waals surface area contributed by atoms with Crippen LogP contribution in [-0.4, -0.2) is 68.7 Å². The molecule has 0 fully saturated rings. The Labute approximate surface area is 156 Å². The molecule has 0 aliphatic carbocycles. The van der Waals surface area contributed by atoms with Crippen LogP contribution < -0.4 is 10.2 Å². The summed E-state index contributed by atoms with van der Waals surface area (Å²) in [4.78, 5) is 30.6. The fourth-order valence-electron chi connectivity index (χ4n) is 1.77. The Kier molecular flexibility index (Phi) is 7.13. The molecule has 142 valence electrons. The molecule has 10 nitrogen and oxygen atoms in total. The van der Waals surface area contributed by atoms with E-state index in [1.165, 1.54) is 22.8 Å². The van der Waals surface area contributed by atoms with Gasteiger partial charge < -0.3 is 15.0 Å². The Hall–Kier alpha value is -2.43. The molecule has 0 spiro atoms. The number of esters is 1. The number of ether oxygens (including phenoxy) is 1. The highest BCUT2D eigenvalue weighted by molar-refractivity contribution is 7.99. The highest BCUT2D eigenvalue weighted by Crippen LogP contribution is 2.15. The molecule has 2 rings (SSSR count). The van der Waals surface area contributed by atoms with Gasteiger partial charge in [-0.05, 0) is 12.8 Å². The van der Waals surface area contributed by atoms with Gasteiger partial charge in [0.2, 0.25) is 17.1 Å². The van der Waals surface area contributed by atoms with Crippen LogP contribution in [-0.2, 0) is 9.53 Å². The molecule has 2 aromatic heterocycles. The maximum Gasteiger partial charge on any atom is 0.316 e. The number of hydrogen-bond donors (Lipinski definition) is 1. The maximum atomic E-state index is 11.4. The lowest BCUT2D eigenvalue weighted by Crippen LogP contribution is -2.19. The average Bonchev–Trinajstić information content (AvgIpc) is 3.07. The monoisotopic (exact) mass is 380 g/mol. The third-order valence-corrected chi connectivity index (χ3v) is 3.81. The van der Waals surface area contributed by atoms with E-state index in [0.717, 1.165) is 6.54 Å². The molecule has 1 N–H and O–H groups in total. The molecule has 26 heavy (non-hydrogen) atoms. The van der Waals surface area contributed by atoms with Crippen LogP contribution >= 0.6 is 11.8 Å².